The standard InChI is InChI=1S/C15H19N3/c1-11-4-3-5-13(8-11)9-15(18-16)14-10-17-7-6-12(14)2/h3-8,10,15,18H,9,16H2,1-2H3. The average molecular weight is 241 g/mol. The van der Waals surface area contributed by atoms with Crippen LogP contribution in [0.1, 0.15) is 28.3 Å². The van der Waals surface area contributed by atoms with Gasteiger partial charge in [0.1, 0.15) is 0 Å². The van der Waals surface area contributed by atoms with Crippen LogP contribution in [-0.4, -0.2) is 4.98 Å². The Morgan fingerprint density at radius 2 is 2.11 bits per heavy atom. The lowest BCUT2D eigenvalue weighted by Gasteiger charge is -2.18. The molecule has 1 aromatic carbocycles. The van der Waals surface area contributed by atoms with Crippen molar-refractivity contribution in [2.45, 2.75) is 26.3 Å². The molecule has 18 heavy (non-hydrogen) atoms. The maximum Gasteiger partial charge on any atom is 0.0518 e. The predicted octanol–water partition coefficient (Wildman–Crippen LogP) is 2.45. The molecule has 1 atom stereocenters. The van der Waals surface area contributed by atoms with Crippen LogP contribution >= 0.6 is 0 Å². The summed E-state index contributed by atoms with van der Waals surface area (Å²) in [5.74, 6) is 5.68. The molecule has 0 saturated heterocycles. The fourth-order valence-electron chi connectivity index (χ4n) is 2.17. The first-order chi connectivity index (χ1) is 8.70. The summed E-state index contributed by atoms with van der Waals surface area (Å²) in [4.78, 5) is 4.18. The second kappa shape index (κ2) is 5.76. The van der Waals surface area contributed by atoms with E-state index in [2.05, 4.69) is 48.5 Å². The molecule has 1 aromatic heterocycles. The second-order valence-electron chi connectivity index (χ2n) is 4.64. The smallest absolute Gasteiger partial charge is 0.0518 e. The minimum absolute atomic E-state index is 0.0977. The van der Waals surface area contributed by atoms with Crippen molar-refractivity contribution in [3.05, 3.63) is 65.0 Å². The van der Waals surface area contributed by atoms with Crippen molar-refractivity contribution in [2.75, 3.05) is 0 Å². The van der Waals surface area contributed by atoms with E-state index in [1.165, 1.54) is 16.7 Å². The van der Waals surface area contributed by atoms with Crippen molar-refractivity contribution in [1.82, 2.24) is 10.4 Å². The van der Waals surface area contributed by atoms with Crippen LogP contribution in [0.3, 0.4) is 0 Å². The summed E-state index contributed by atoms with van der Waals surface area (Å²) in [7, 11) is 0. The highest BCUT2D eigenvalue weighted by molar-refractivity contribution is 5.29. The lowest BCUT2D eigenvalue weighted by Crippen LogP contribution is -2.30. The Kier molecular flexibility index (Phi) is 4.07. The fourth-order valence-corrected chi connectivity index (χ4v) is 2.17. The Morgan fingerprint density at radius 3 is 2.78 bits per heavy atom. The average Bonchev–Trinajstić information content (AvgIpc) is 2.37. The molecule has 2 aromatic rings. The van der Waals surface area contributed by atoms with Crippen molar-refractivity contribution < 1.29 is 0 Å². The van der Waals surface area contributed by atoms with E-state index >= 15 is 0 Å². The van der Waals surface area contributed by atoms with E-state index in [1.807, 2.05) is 12.3 Å². The van der Waals surface area contributed by atoms with Crippen molar-refractivity contribution >= 4 is 0 Å². The first-order valence-corrected chi connectivity index (χ1v) is 6.13. The number of hydrazine groups is 1. The van der Waals surface area contributed by atoms with Crippen LogP contribution in [0, 0.1) is 13.8 Å². The monoisotopic (exact) mass is 241 g/mol. The molecule has 0 aliphatic heterocycles. The van der Waals surface area contributed by atoms with E-state index in [4.69, 9.17) is 5.84 Å². The third kappa shape index (κ3) is 2.94. The summed E-state index contributed by atoms with van der Waals surface area (Å²) in [5.41, 5.74) is 7.80. The largest absolute Gasteiger partial charge is 0.271 e. The van der Waals surface area contributed by atoms with Gasteiger partial charge in [-0.15, -0.1) is 0 Å². The summed E-state index contributed by atoms with van der Waals surface area (Å²) in [6, 6.07) is 10.6. The van der Waals surface area contributed by atoms with Gasteiger partial charge in [-0.2, -0.15) is 0 Å². The molecule has 3 nitrogen and oxygen atoms in total. The highest BCUT2D eigenvalue weighted by Gasteiger charge is 2.13. The van der Waals surface area contributed by atoms with Gasteiger partial charge in [-0.25, -0.2) is 0 Å². The van der Waals surface area contributed by atoms with Crippen LogP contribution in [0.15, 0.2) is 42.7 Å². The van der Waals surface area contributed by atoms with Crippen molar-refractivity contribution in [3.8, 4) is 0 Å². The third-order valence-electron chi connectivity index (χ3n) is 3.18. The van der Waals surface area contributed by atoms with E-state index in [1.54, 1.807) is 6.20 Å². The van der Waals surface area contributed by atoms with E-state index in [9.17, 15) is 0 Å². The molecule has 0 radical (unpaired) electrons. The van der Waals surface area contributed by atoms with Gasteiger partial charge in [0.15, 0.2) is 0 Å². The predicted molar refractivity (Wildman–Crippen MR) is 73.9 cm³/mol. The molecule has 0 amide bonds. The zero-order chi connectivity index (χ0) is 13.0. The van der Waals surface area contributed by atoms with Gasteiger partial charge < -0.3 is 0 Å². The minimum atomic E-state index is 0.0977. The Balaban J connectivity index is 2.23. The number of aromatic nitrogens is 1. The van der Waals surface area contributed by atoms with Crippen molar-refractivity contribution in [1.29, 1.82) is 0 Å². The summed E-state index contributed by atoms with van der Waals surface area (Å²) >= 11 is 0. The number of rotatable bonds is 4. The number of hydrogen-bond donors (Lipinski definition) is 2. The molecule has 0 saturated carbocycles. The number of hydrogen-bond acceptors (Lipinski definition) is 3. The van der Waals surface area contributed by atoms with Gasteiger partial charge in [0.05, 0.1) is 6.04 Å². The summed E-state index contributed by atoms with van der Waals surface area (Å²) in [6.07, 6.45) is 4.56. The first-order valence-electron chi connectivity index (χ1n) is 6.13. The van der Waals surface area contributed by atoms with Gasteiger partial charge in [-0.1, -0.05) is 29.8 Å². The summed E-state index contributed by atoms with van der Waals surface area (Å²) in [5, 5.41) is 0. The molecule has 0 spiro atoms. The molecular weight excluding hydrogens is 222 g/mol. The van der Waals surface area contributed by atoms with Gasteiger partial charge in [-0.3, -0.25) is 16.3 Å². The lowest BCUT2D eigenvalue weighted by atomic mass is 9.97. The molecular formula is C15H19N3. The normalized spacial score (nSPS) is 12.4. The topological polar surface area (TPSA) is 50.9 Å². The highest BCUT2D eigenvalue weighted by Crippen LogP contribution is 2.20. The lowest BCUT2D eigenvalue weighted by molar-refractivity contribution is 0.547. The Morgan fingerprint density at radius 1 is 1.28 bits per heavy atom. The zero-order valence-electron chi connectivity index (χ0n) is 10.9. The van der Waals surface area contributed by atoms with Crippen LogP contribution < -0.4 is 11.3 Å². The maximum absolute atomic E-state index is 5.68. The van der Waals surface area contributed by atoms with E-state index in [-0.39, 0.29) is 6.04 Å². The van der Waals surface area contributed by atoms with E-state index in [0.717, 1.165) is 12.0 Å². The molecule has 0 aliphatic carbocycles. The fraction of sp³-hybridized carbons (Fsp3) is 0.267. The molecule has 2 rings (SSSR count). The molecule has 3 N–H and O–H groups in total. The number of nitrogens with one attached hydrogen (secondary N) is 1. The third-order valence-corrected chi connectivity index (χ3v) is 3.18. The number of benzene rings is 1. The van der Waals surface area contributed by atoms with Gasteiger partial charge in [0.25, 0.3) is 0 Å². The van der Waals surface area contributed by atoms with Crippen LogP contribution in [0.5, 0.6) is 0 Å². The molecule has 0 bridgehead atoms. The van der Waals surface area contributed by atoms with Crippen LogP contribution in [0.2, 0.25) is 0 Å². The molecule has 0 aliphatic rings. The SMILES string of the molecule is Cc1cccc(CC(NN)c2cnccc2C)c1. The zero-order valence-corrected chi connectivity index (χ0v) is 10.9. The summed E-state index contributed by atoms with van der Waals surface area (Å²) < 4.78 is 0. The maximum atomic E-state index is 5.68. The molecule has 1 heterocycles. The van der Waals surface area contributed by atoms with Gasteiger partial charge in [-0.05, 0) is 43.0 Å². The van der Waals surface area contributed by atoms with Crippen molar-refractivity contribution in [2.24, 2.45) is 5.84 Å². The molecule has 3 heteroatoms. The molecule has 0 fully saturated rings. The van der Waals surface area contributed by atoms with Gasteiger partial charge in [0.2, 0.25) is 0 Å². The first kappa shape index (κ1) is 12.7. The number of aryl methyl sites for hydroxylation is 2. The number of nitrogens with zero attached hydrogens (tertiary/aromatic N) is 1. The van der Waals surface area contributed by atoms with Crippen molar-refractivity contribution in [3.63, 3.8) is 0 Å². The summed E-state index contributed by atoms with van der Waals surface area (Å²) in [6.45, 7) is 4.18. The van der Waals surface area contributed by atoms with Crippen LogP contribution in [-0.2, 0) is 6.42 Å². The minimum Gasteiger partial charge on any atom is -0.271 e. The highest BCUT2D eigenvalue weighted by atomic mass is 15.2. The molecule has 1 unspecified atom stereocenters. The van der Waals surface area contributed by atoms with Crippen LogP contribution in [0.25, 0.3) is 0 Å². The quantitative estimate of drug-likeness (QED) is 0.638. The van der Waals surface area contributed by atoms with E-state index in [0.29, 0.717) is 0 Å². The Bertz CT molecular complexity index is 523. The number of nitrogens with two attached hydrogens (primary N) is 1. The van der Waals surface area contributed by atoms with Gasteiger partial charge >= 0.3 is 0 Å². The molecule has 94 valence electrons. The number of pyridine rings is 1. The Hall–Kier alpha value is -1.71. The Labute approximate surface area is 108 Å². The van der Waals surface area contributed by atoms with Crippen LogP contribution in [0.4, 0.5) is 0 Å². The van der Waals surface area contributed by atoms with E-state index < -0.39 is 0 Å². The second-order valence-corrected chi connectivity index (χ2v) is 4.64. The van der Waals surface area contributed by atoms with Gasteiger partial charge in [0, 0.05) is 12.4 Å².